The molecule has 0 aliphatic rings. The Hall–Kier alpha value is -2.53. The fourth-order valence-corrected chi connectivity index (χ4v) is 2.09. The third kappa shape index (κ3) is 6.84. The molecule has 5 nitrogen and oxygen atoms in total. The smallest absolute Gasteiger partial charge is 0.267 e. The summed E-state index contributed by atoms with van der Waals surface area (Å²) >= 11 is 0. The Morgan fingerprint density at radius 1 is 1.30 bits per heavy atom. The highest BCUT2D eigenvalue weighted by molar-refractivity contribution is 5.91. The van der Waals surface area contributed by atoms with Crippen LogP contribution in [-0.2, 0) is 4.79 Å². The molecule has 1 rings (SSSR count). The number of anilines is 2. The highest BCUT2D eigenvalue weighted by Gasteiger charge is 2.02. The Labute approximate surface area is 137 Å². The van der Waals surface area contributed by atoms with Crippen molar-refractivity contribution in [1.82, 2.24) is 5.48 Å². The first-order valence-corrected chi connectivity index (χ1v) is 7.59. The first-order valence-electron chi connectivity index (χ1n) is 7.59. The SMILES string of the molecule is C=C(C=CC)CCCNc1ccc(C=CC(=O)NO)cc1NC. The van der Waals surface area contributed by atoms with E-state index < -0.39 is 5.91 Å². The van der Waals surface area contributed by atoms with Gasteiger partial charge in [0.25, 0.3) is 5.91 Å². The molecule has 124 valence electrons. The first-order chi connectivity index (χ1) is 11.1. The minimum atomic E-state index is -0.556. The third-order valence-corrected chi connectivity index (χ3v) is 3.24. The van der Waals surface area contributed by atoms with Crippen molar-refractivity contribution in [3.05, 3.63) is 54.1 Å². The molecule has 0 heterocycles. The number of hydrogen-bond donors (Lipinski definition) is 4. The Morgan fingerprint density at radius 2 is 2.09 bits per heavy atom. The van der Waals surface area contributed by atoms with E-state index in [2.05, 4.69) is 17.2 Å². The summed E-state index contributed by atoms with van der Waals surface area (Å²) in [5.74, 6) is -0.556. The predicted molar refractivity (Wildman–Crippen MR) is 96.6 cm³/mol. The average molecular weight is 315 g/mol. The maximum absolute atomic E-state index is 11.0. The van der Waals surface area contributed by atoms with Crippen LogP contribution in [0.3, 0.4) is 0 Å². The van der Waals surface area contributed by atoms with Gasteiger partial charge < -0.3 is 10.6 Å². The van der Waals surface area contributed by atoms with Crippen molar-refractivity contribution >= 4 is 23.4 Å². The van der Waals surface area contributed by atoms with Crippen LogP contribution in [0.2, 0.25) is 0 Å². The number of rotatable bonds is 9. The van der Waals surface area contributed by atoms with Crippen molar-refractivity contribution in [3.63, 3.8) is 0 Å². The summed E-state index contributed by atoms with van der Waals surface area (Å²) in [5.41, 5.74) is 5.51. The summed E-state index contributed by atoms with van der Waals surface area (Å²) in [7, 11) is 1.85. The summed E-state index contributed by atoms with van der Waals surface area (Å²) in [6.07, 6.45) is 8.90. The molecule has 1 aromatic carbocycles. The topological polar surface area (TPSA) is 73.4 Å². The van der Waals surface area contributed by atoms with Crippen molar-refractivity contribution in [2.24, 2.45) is 0 Å². The predicted octanol–water partition coefficient (Wildman–Crippen LogP) is 3.57. The van der Waals surface area contributed by atoms with Crippen molar-refractivity contribution in [2.75, 3.05) is 24.2 Å². The number of nitrogens with one attached hydrogen (secondary N) is 3. The summed E-state index contributed by atoms with van der Waals surface area (Å²) in [6, 6.07) is 5.80. The fourth-order valence-electron chi connectivity index (χ4n) is 2.09. The van der Waals surface area contributed by atoms with E-state index in [4.69, 9.17) is 5.21 Å². The standard InChI is InChI=1S/C18H25N3O2/c1-4-6-14(2)7-5-12-20-16-10-8-15(13-17(16)19-3)9-11-18(22)21-23/h4,6,8-11,13,19-20,23H,2,5,7,12H2,1,3H3,(H,21,22). The molecule has 0 radical (unpaired) electrons. The minimum Gasteiger partial charge on any atom is -0.386 e. The van der Waals surface area contributed by atoms with Gasteiger partial charge in [0, 0.05) is 19.7 Å². The number of allylic oxidation sites excluding steroid dienone is 3. The highest BCUT2D eigenvalue weighted by Crippen LogP contribution is 2.23. The molecule has 0 spiro atoms. The quantitative estimate of drug-likeness (QED) is 0.185. The van der Waals surface area contributed by atoms with E-state index in [-0.39, 0.29) is 0 Å². The second kappa shape index (κ2) is 10.2. The lowest BCUT2D eigenvalue weighted by atomic mass is 10.1. The van der Waals surface area contributed by atoms with Gasteiger partial charge in [-0.3, -0.25) is 10.0 Å². The molecule has 0 aliphatic carbocycles. The zero-order valence-corrected chi connectivity index (χ0v) is 13.7. The van der Waals surface area contributed by atoms with Crippen LogP contribution in [0, 0.1) is 0 Å². The van der Waals surface area contributed by atoms with Crippen LogP contribution in [0.25, 0.3) is 6.08 Å². The van der Waals surface area contributed by atoms with Gasteiger partial charge in [0.05, 0.1) is 11.4 Å². The van der Waals surface area contributed by atoms with E-state index in [9.17, 15) is 4.79 Å². The summed E-state index contributed by atoms with van der Waals surface area (Å²) < 4.78 is 0. The Balaban J connectivity index is 2.61. The van der Waals surface area contributed by atoms with E-state index >= 15 is 0 Å². The van der Waals surface area contributed by atoms with Gasteiger partial charge in [0.2, 0.25) is 0 Å². The van der Waals surface area contributed by atoms with Gasteiger partial charge in [0.15, 0.2) is 0 Å². The molecule has 5 heteroatoms. The lowest BCUT2D eigenvalue weighted by Crippen LogP contribution is -2.14. The van der Waals surface area contributed by atoms with Crippen molar-refractivity contribution in [3.8, 4) is 0 Å². The van der Waals surface area contributed by atoms with Crippen LogP contribution in [0.5, 0.6) is 0 Å². The van der Waals surface area contributed by atoms with Crippen LogP contribution >= 0.6 is 0 Å². The molecule has 0 fully saturated rings. The van der Waals surface area contributed by atoms with E-state index in [1.807, 2.05) is 44.3 Å². The Morgan fingerprint density at radius 3 is 2.74 bits per heavy atom. The molecule has 0 saturated heterocycles. The highest BCUT2D eigenvalue weighted by atomic mass is 16.5. The van der Waals surface area contributed by atoms with Crippen molar-refractivity contribution in [2.45, 2.75) is 19.8 Å². The fraction of sp³-hybridized carbons (Fsp3) is 0.278. The third-order valence-electron chi connectivity index (χ3n) is 3.24. The average Bonchev–Trinajstić information content (AvgIpc) is 2.57. The van der Waals surface area contributed by atoms with Crippen LogP contribution < -0.4 is 16.1 Å². The monoisotopic (exact) mass is 315 g/mol. The van der Waals surface area contributed by atoms with Gasteiger partial charge >= 0.3 is 0 Å². The number of amides is 1. The second-order valence-electron chi connectivity index (χ2n) is 5.05. The van der Waals surface area contributed by atoms with E-state index in [1.165, 1.54) is 6.08 Å². The molecule has 4 N–H and O–H groups in total. The van der Waals surface area contributed by atoms with Crippen LogP contribution in [0.15, 0.2) is 48.6 Å². The van der Waals surface area contributed by atoms with Crippen molar-refractivity contribution < 1.29 is 10.0 Å². The van der Waals surface area contributed by atoms with Crippen LogP contribution in [0.1, 0.15) is 25.3 Å². The van der Waals surface area contributed by atoms with E-state index in [1.54, 1.807) is 11.6 Å². The van der Waals surface area contributed by atoms with Gasteiger partial charge in [0.1, 0.15) is 0 Å². The lowest BCUT2D eigenvalue weighted by molar-refractivity contribution is -0.124. The summed E-state index contributed by atoms with van der Waals surface area (Å²) in [6.45, 7) is 6.83. The second-order valence-corrected chi connectivity index (χ2v) is 5.05. The molecule has 1 amide bonds. The number of carbonyl (C=O) groups is 1. The summed E-state index contributed by atoms with van der Waals surface area (Å²) in [5, 5.41) is 15.0. The van der Waals surface area contributed by atoms with Gasteiger partial charge in [-0.15, -0.1) is 0 Å². The maximum atomic E-state index is 11.0. The Bertz CT molecular complexity index is 592. The molecule has 0 saturated carbocycles. The molecule has 23 heavy (non-hydrogen) atoms. The van der Waals surface area contributed by atoms with Crippen LogP contribution in [0.4, 0.5) is 11.4 Å². The number of carbonyl (C=O) groups excluding carboxylic acids is 1. The lowest BCUT2D eigenvalue weighted by Gasteiger charge is -2.12. The van der Waals surface area contributed by atoms with Crippen LogP contribution in [-0.4, -0.2) is 24.7 Å². The summed E-state index contributed by atoms with van der Waals surface area (Å²) in [4.78, 5) is 11.0. The largest absolute Gasteiger partial charge is 0.386 e. The van der Waals surface area contributed by atoms with E-state index in [0.717, 1.165) is 41.9 Å². The molecule has 0 atom stereocenters. The molecule has 0 aliphatic heterocycles. The molecule has 1 aromatic rings. The molecule has 0 unspecified atom stereocenters. The molecule has 0 aromatic heterocycles. The first kappa shape index (κ1) is 18.5. The van der Waals surface area contributed by atoms with Crippen molar-refractivity contribution in [1.29, 1.82) is 0 Å². The van der Waals surface area contributed by atoms with Gasteiger partial charge in [-0.2, -0.15) is 0 Å². The molecule has 0 bridgehead atoms. The Kier molecular flexibility index (Phi) is 8.24. The zero-order valence-electron chi connectivity index (χ0n) is 13.7. The van der Waals surface area contributed by atoms with E-state index in [0.29, 0.717) is 0 Å². The number of benzene rings is 1. The zero-order chi connectivity index (χ0) is 17.1. The molecular formula is C18H25N3O2. The van der Waals surface area contributed by atoms with Gasteiger partial charge in [-0.25, -0.2) is 5.48 Å². The van der Waals surface area contributed by atoms with Gasteiger partial charge in [-0.1, -0.05) is 30.4 Å². The minimum absolute atomic E-state index is 0.556. The maximum Gasteiger partial charge on any atom is 0.267 e. The number of hydrogen-bond acceptors (Lipinski definition) is 4. The number of hydroxylamine groups is 1. The normalized spacial score (nSPS) is 10.9. The van der Waals surface area contributed by atoms with Gasteiger partial charge in [-0.05, 0) is 43.5 Å². The molecular weight excluding hydrogens is 290 g/mol.